The minimum Gasteiger partial charge on any atom is -0.388 e. The smallest absolute Gasteiger partial charge is 0.246 e. The molecule has 0 aliphatic carbocycles. The summed E-state index contributed by atoms with van der Waals surface area (Å²) in [4.78, 5) is 13.9. The van der Waals surface area contributed by atoms with Gasteiger partial charge in [-0.2, -0.15) is 5.10 Å². The van der Waals surface area contributed by atoms with E-state index in [9.17, 15) is 9.90 Å². The molecule has 110 valence electrons. The van der Waals surface area contributed by atoms with Gasteiger partial charge >= 0.3 is 0 Å². The zero-order chi connectivity index (χ0) is 14.9. The van der Waals surface area contributed by atoms with Crippen LogP contribution in [0.5, 0.6) is 0 Å². The number of hydrogen-bond donors (Lipinski definition) is 1. The first-order valence-corrected chi connectivity index (χ1v) is 7.00. The normalized spacial score (nSPS) is 23.6. The summed E-state index contributed by atoms with van der Waals surface area (Å²) in [5.74, 6) is -0.0485. The molecule has 1 aliphatic rings. The Kier molecular flexibility index (Phi) is 3.99. The summed E-state index contributed by atoms with van der Waals surface area (Å²) in [5.41, 5.74) is 2.18. The molecule has 2 heterocycles. The van der Waals surface area contributed by atoms with Crippen LogP contribution in [-0.4, -0.2) is 44.4 Å². The standard InChI is InChI=1S/C15H23N3O2/c1-11-13(12(2)17(4)16-11)6-7-14(19)18-9-5-8-15(3,20)10-18/h6-7,20H,5,8-10H2,1-4H3/b7-6+. The molecule has 1 aliphatic heterocycles. The Morgan fingerprint density at radius 3 is 2.70 bits per heavy atom. The molecule has 1 saturated heterocycles. The molecule has 2 rings (SSSR count). The van der Waals surface area contributed by atoms with Crippen molar-refractivity contribution in [1.82, 2.24) is 14.7 Å². The van der Waals surface area contributed by atoms with Crippen LogP contribution in [0.25, 0.3) is 6.08 Å². The number of piperidine rings is 1. The highest BCUT2D eigenvalue weighted by atomic mass is 16.3. The Bertz CT molecular complexity index is 544. The van der Waals surface area contributed by atoms with Gasteiger partial charge in [-0.05, 0) is 39.7 Å². The molecule has 20 heavy (non-hydrogen) atoms. The van der Waals surface area contributed by atoms with Gasteiger partial charge in [0.2, 0.25) is 5.91 Å². The van der Waals surface area contributed by atoms with Gasteiger partial charge in [-0.3, -0.25) is 9.48 Å². The molecule has 0 bridgehead atoms. The van der Waals surface area contributed by atoms with Gasteiger partial charge in [0, 0.05) is 37.5 Å². The molecule has 0 radical (unpaired) electrons. The zero-order valence-electron chi connectivity index (χ0n) is 12.7. The summed E-state index contributed by atoms with van der Waals surface area (Å²) in [7, 11) is 1.89. The SMILES string of the molecule is Cc1nn(C)c(C)c1/C=C/C(=O)N1CCCC(C)(O)C1. The van der Waals surface area contributed by atoms with E-state index >= 15 is 0 Å². The maximum Gasteiger partial charge on any atom is 0.246 e. The van der Waals surface area contributed by atoms with Gasteiger partial charge in [-0.1, -0.05) is 0 Å². The molecule has 0 spiro atoms. The van der Waals surface area contributed by atoms with E-state index < -0.39 is 5.60 Å². The van der Waals surface area contributed by atoms with E-state index in [1.165, 1.54) is 0 Å². The lowest BCUT2D eigenvalue weighted by Gasteiger charge is -2.36. The van der Waals surface area contributed by atoms with E-state index in [1.807, 2.05) is 31.7 Å². The minimum atomic E-state index is -0.762. The topological polar surface area (TPSA) is 58.4 Å². The number of aryl methyl sites for hydroxylation is 2. The van der Waals surface area contributed by atoms with Gasteiger partial charge in [-0.15, -0.1) is 0 Å². The highest BCUT2D eigenvalue weighted by molar-refractivity contribution is 5.92. The molecule has 1 fully saturated rings. The maximum atomic E-state index is 12.2. The molecule has 1 N–H and O–H groups in total. The van der Waals surface area contributed by atoms with Crippen molar-refractivity contribution in [2.45, 2.75) is 39.2 Å². The molecule has 5 heteroatoms. The second kappa shape index (κ2) is 5.40. The Labute approximate surface area is 119 Å². The van der Waals surface area contributed by atoms with Crippen molar-refractivity contribution in [2.75, 3.05) is 13.1 Å². The number of carbonyl (C=O) groups excluding carboxylic acids is 1. The lowest BCUT2D eigenvalue weighted by molar-refractivity contribution is -0.132. The van der Waals surface area contributed by atoms with Gasteiger partial charge in [0.25, 0.3) is 0 Å². The molecular weight excluding hydrogens is 254 g/mol. The summed E-state index contributed by atoms with van der Waals surface area (Å²) in [6.07, 6.45) is 5.00. The third kappa shape index (κ3) is 3.10. The highest BCUT2D eigenvalue weighted by Gasteiger charge is 2.30. The Morgan fingerprint density at radius 1 is 1.45 bits per heavy atom. The van der Waals surface area contributed by atoms with Crippen molar-refractivity contribution in [3.8, 4) is 0 Å². The molecule has 1 unspecified atom stereocenters. The van der Waals surface area contributed by atoms with E-state index in [0.717, 1.165) is 29.8 Å². The fourth-order valence-corrected chi connectivity index (χ4v) is 2.70. The molecule has 5 nitrogen and oxygen atoms in total. The van der Waals surface area contributed by atoms with Crippen LogP contribution in [0.15, 0.2) is 6.08 Å². The number of rotatable bonds is 2. The first kappa shape index (κ1) is 14.8. The molecule has 1 atom stereocenters. The van der Waals surface area contributed by atoms with Crippen molar-refractivity contribution in [1.29, 1.82) is 0 Å². The number of carbonyl (C=O) groups is 1. The molecule has 0 saturated carbocycles. The lowest BCUT2D eigenvalue weighted by atomic mass is 9.95. The molecule has 0 aromatic carbocycles. The number of aromatic nitrogens is 2. The van der Waals surface area contributed by atoms with Gasteiger partial charge < -0.3 is 10.0 Å². The van der Waals surface area contributed by atoms with E-state index in [1.54, 1.807) is 17.9 Å². The quantitative estimate of drug-likeness (QED) is 0.832. The van der Waals surface area contributed by atoms with Crippen molar-refractivity contribution in [2.24, 2.45) is 7.05 Å². The zero-order valence-corrected chi connectivity index (χ0v) is 12.7. The maximum absolute atomic E-state index is 12.2. The van der Waals surface area contributed by atoms with E-state index in [2.05, 4.69) is 5.10 Å². The van der Waals surface area contributed by atoms with Crippen LogP contribution in [0.2, 0.25) is 0 Å². The fraction of sp³-hybridized carbons (Fsp3) is 0.600. The van der Waals surface area contributed by atoms with Gasteiger partial charge in [0.15, 0.2) is 0 Å². The van der Waals surface area contributed by atoms with Gasteiger partial charge in [0.1, 0.15) is 0 Å². The first-order chi connectivity index (χ1) is 9.30. The number of β-amino-alcohol motifs (C(OH)–C–C–N with tert-alkyl or cyclic N) is 1. The number of nitrogens with zero attached hydrogens (tertiary/aromatic N) is 3. The van der Waals surface area contributed by atoms with Crippen LogP contribution in [0.3, 0.4) is 0 Å². The molecule has 1 amide bonds. The fourth-order valence-electron chi connectivity index (χ4n) is 2.70. The predicted octanol–water partition coefficient (Wildman–Crippen LogP) is 1.42. The van der Waals surface area contributed by atoms with E-state index in [0.29, 0.717) is 13.1 Å². The Hall–Kier alpha value is -1.62. The van der Waals surface area contributed by atoms with Gasteiger partial charge in [-0.25, -0.2) is 0 Å². The first-order valence-electron chi connectivity index (χ1n) is 7.00. The van der Waals surface area contributed by atoms with Crippen molar-refractivity contribution in [3.63, 3.8) is 0 Å². The number of hydrogen-bond acceptors (Lipinski definition) is 3. The van der Waals surface area contributed by atoms with Crippen molar-refractivity contribution < 1.29 is 9.90 Å². The molecular formula is C15H23N3O2. The Balaban J connectivity index is 2.09. The van der Waals surface area contributed by atoms with Gasteiger partial charge in [0.05, 0.1) is 11.3 Å². The summed E-state index contributed by atoms with van der Waals surface area (Å²) >= 11 is 0. The average Bonchev–Trinajstić information content (AvgIpc) is 2.60. The monoisotopic (exact) mass is 277 g/mol. The number of likely N-dealkylation sites (tertiary alicyclic amines) is 1. The largest absolute Gasteiger partial charge is 0.388 e. The molecule has 1 aromatic heterocycles. The third-order valence-electron chi connectivity index (χ3n) is 3.94. The minimum absolute atomic E-state index is 0.0485. The van der Waals surface area contributed by atoms with Crippen LogP contribution >= 0.6 is 0 Å². The Morgan fingerprint density at radius 2 is 2.15 bits per heavy atom. The third-order valence-corrected chi connectivity index (χ3v) is 3.94. The van der Waals surface area contributed by atoms with Crippen LogP contribution < -0.4 is 0 Å². The lowest BCUT2D eigenvalue weighted by Crippen LogP contribution is -2.48. The van der Waals surface area contributed by atoms with Crippen molar-refractivity contribution >= 4 is 12.0 Å². The van der Waals surface area contributed by atoms with Crippen molar-refractivity contribution in [3.05, 3.63) is 23.0 Å². The second-order valence-corrected chi connectivity index (χ2v) is 5.90. The summed E-state index contributed by atoms with van der Waals surface area (Å²) < 4.78 is 1.81. The highest BCUT2D eigenvalue weighted by Crippen LogP contribution is 2.21. The summed E-state index contributed by atoms with van der Waals surface area (Å²) in [6.45, 7) is 6.82. The van der Waals surface area contributed by atoms with Crippen LogP contribution in [0.4, 0.5) is 0 Å². The van der Waals surface area contributed by atoms with E-state index in [-0.39, 0.29) is 5.91 Å². The summed E-state index contributed by atoms with van der Waals surface area (Å²) in [6, 6.07) is 0. The number of aliphatic hydroxyl groups is 1. The molecule has 1 aromatic rings. The van der Waals surface area contributed by atoms with Crippen LogP contribution in [-0.2, 0) is 11.8 Å². The van der Waals surface area contributed by atoms with Crippen LogP contribution in [0, 0.1) is 13.8 Å². The van der Waals surface area contributed by atoms with Crippen LogP contribution in [0.1, 0.15) is 36.7 Å². The summed E-state index contributed by atoms with van der Waals surface area (Å²) in [5, 5.41) is 14.4. The van der Waals surface area contributed by atoms with E-state index in [4.69, 9.17) is 0 Å². The predicted molar refractivity (Wildman–Crippen MR) is 78.2 cm³/mol. The number of amides is 1. The average molecular weight is 277 g/mol. The second-order valence-electron chi connectivity index (χ2n) is 5.90.